The van der Waals surface area contributed by atoms with Gasteiger partial charge in [0.1, 0.15) is 22.7 Å². The average molecular weight is 349 g/mol. The normalized spacial score (nSPS) is 10.8. The van der Waals surface area contributed by atoms with E-state index in [1.807, 2.05) is 24.3 Å². The predicted octanol–water partition coefficient (Wildman–Crippen LogP) is 2.61. The highest BCUT2D eigenvalue weighted by Gasteiger charge is 2.16. The van der Waals surface area contributed by atoms with Crippen molar-refractivity contribution in [1.29, 1.82) is 0 Å². The molecule has 0 aliphatic heterocycles. The SMILES string of the molecule is COC(=O)c1ccc(-n2cc(-c3n[nH]c4ccccc34)nn2)cc1OC. The smallest absolute Gasteiger partial charge is 0.341 e. The summed E-state index contributed by atoms with van der Waals surface area (Å²) >= 11 is 0. The Morgan fingerprint density at radius 2 is 2.00 bits per heavy atom. The fourth-order valence-electron chi connectivity index (χ4n) is 2.76. The second-order valence-electron chi connectivity index (χ2n) is 5.54. The van der Waals surface area contributed by atoms with Crippen LogP contribution in [0.25, 0.3) is 28.0 Å². The summed E-state index contributed by atoms with van der Waals surface area (Å²) in [5, 5.41) is 16.7. The molecular formula is C18H15N5O3. The molecule has 2 aromatic carbocycles. The van der Waals surface area contributed by atoms with E-state index in [1.165, 1.54) is 14.2 Å². The van der Waals surface area contributed by atoms with Crippen molar-refractivity contribution in [3.63, 3.8) is 0 Å². The van der Waals surface area contributed by atoms with Crippen LogP contribution in [0.4, 0.5) is 0 Å². The van der Waals surface area contributed by atoms with Gasteiger partial charge in [-0.3, -0.25) is 5.10 Å². The van der Waals surface area contributed by atoms with Crippen LogP contribution in [0.3, 0.4) is 0 Å². The molecule has 0 fully saturated rings. The monoisotopic (exact) mass is 349 g/mol. The molecule has 26 heavy (non-hydrogen) atoms. The lowest BCUT2D eigenvalue weighted by Crippen LogP contribution is -2.05. The fraction of sp³-hybridized carbons (Fsp3) is 0.111. The maximum atomic E-state index is 11.8. The number of carbonyl (C=O) groups is 1. The van der Waals surface area contributed by atoms with Crippen LogP contribution in [0, 0.1) is 0 Å². The Hall–Kier alpha value is -3.68. The van der Waals surface area contributed by atoms with Gasteiger partial charge in [-0.25, -0.2) is 9.48 Å². The van der Waals surface area contributed by atoms with Crippen LogP contribution in [0.2, 0.25) is 0 Å². The van der Waals surface area contributed by atoms with Gasteiger partial charge in [0.2, 0.25) is 0 Å². The van der Waals surface area contributed by atoms with Crippen molar-refractivity contribution in [2.45, 2.75) is 0 Å². The third kappa shape index (κ3) is 2.57. The Kier molecular flexibility index (Phi) is 3.85. The maximum absolute atomic E-state index is 11.8. The van der Waals surface area contributed by atoms with E-state index in [9.17, 15) is 4.79 Å². The Labute approximate surface area is 148 Å². The molecule has 2 aromatic heterocycles. The number of ether oxygens (including phenoxy) is 2. The molecule has 0 spiro atoms. The number of rotatable bonds is 4. The number of aromatic amines is 1. The van der Waals surface area contributed by atoms with Gasteiger partial charge in [-0.05, 0) is 18.2 Å². The highest BCUT2D eigenvalue weighted by atomic mass is 16.5. The number of H-pyrrole nitrogens is 1. The summed E-state index contributed by atoms with van der Waals surface area (Å²) in [5.74, 6) is -0.0627. The molecule has 8 heteroatoms. The first-order chi connectivity index (χ1) is 12.7. The number of para-hydroxylation sites is 1. The van der Waals surface area contributed by atoms with Crippen LogP contribution in [-0.2, 0) is 4.74 Å². The number of benzene rings is 2. The number of nitrogens with one attached hydrogen (secondary N) is 1. The lowest BCUT2D eigenvalue weighted by molar-refractivity contribution is 0.0597. The minimum atomic E-state index is -0.462. The van der Waals surface area contributed by atoms with Gasteiger partial charge in [-0.1, -0.05) is 23.4 Å². The highest BCUT2D eigenvalue weighted by molar-refractivity contribution is 5.93. The molecule has 0 unspecified atom stereocenters. The quantitative estimate of drug-likeness (QED) is 0.569. The third-order valence-electron chi connectivity index (χ3n) is 4.06. The lowest BCUT2D eigenvalue weighted by Gasteiger charge is -2.08. The summed E-state index contributed by atoms with van der Waals surface area (Å²) in [7, 11) is 2.82. The molecular weight excluding hydrogens is 334 g/mol. The Bertz CT molecular complexity index is 1100. The molecule has 2 heterocycles. The van der Waals surface area contributed by atoms with E-state index in [-0.39, 0.29) is 0 Å². The van der Waals surface area contributed by atoms with Gasteiger partial charge in [-0.15, -0.1) is 5.10 Å². The number of hydrogen-bond donors (Lipinski definition) is 1. The predicted molar refractivity (Wildman–Crippen MR) is 94.3 cm³/mol. The van der Waals surface area contributed by atoms with E-state index in [0.717, 1.165) is 16.6 Å². The second kappa shape index (κ2) is 6.32. The van der Waals surface area contributed by atoms with Crippen molar-refractivity contribution in [2.75, 3.05) is 14.2 Å². The number of fused-ring (bicyclic) bond motifs is 1. The van der Waals surface area contributed by atoms with Gasteiger partial charge >= 0.3 is 5.97 Å². The van der Waals surface area contributed by atoms with E-state index in [0.29, 0.717) is 22.7 Å². The number of carbonyl (C=O) groups excluding carboxylic acids is 1. The first kappa shape index (κ1) is 15.8. The van der Waals surface area contributed by atoms with Crippen LogP contribution in [0.1, 0.15) is 10.4 Å². The second-order valence-corrected chi connectivity index (χ2v) is 5.54. The zero-order valence-electron chi connectivity index (χ0n) is 14.1. The topological polar surface area (TPSA) is 94.9 Å². The van der Waals surface area contributed by atoms with Crippen molar-refractivity contribution >= 4 is 16.9 Å². The molecule has 0 atom stereocenters. The molecule has 4 rings (SSSR count). The average Bonchev–Trinajstić information content (AvgIpc) is 3.33. The van der Waals surface area contributed by atoms with Crippen molar-refractivity contribution in [3.8, 4) is 22.8 Å². The van der Waals surface area contributed by atoms with Crippen LogP contribution in [0.15, 0.2) is 48.7 Å². The Morgan fingerprint density at radius 3 is 2.81 bits per heavy atom. The van der Waals surface area contributed by atoms with Gasteiger partial charge in [0, 0.05) is 11.5 Å². The van der Waals surface area contributed by atoms with Crippen LogP contribution >= 0.6 is 0 Å². The van der Waals surface area contributed by atoms with Crippen molar-refractivity contribution < 1.29 is 14.3 Å². The van der Waals surface area contributed by atoms with Crippen LogP contribution < -0.4 is 4.74 Å². The van der Waals surface area contributed by atoms with Crippen molar-refractivity contribution in [2.24, 2.45) is 0 Å². The first-order valence-electron chi connectivity index (χ1n) is 7.84. The molecule has 0 saturated heterocycles. The number of nitrogens with zero attached hydrogens (tertiary/aromatic N) is 4. The summed E-state index contributed by atoms with van der Waals surface area (Å²) in [6.45, 7) is 0. The summed E-state index contributed by atoms with van der Waals surface area (Å²) in [6, 6.07) is 12.9. The minimum absolute atomic E-state index is 0.345. The zero-order chi connectivity index (χ0) is 18.1. The molecule has 0 saturated carbocycles. The van der Waals surface area contributed by atoms with Crippen molar-refractivity contribution in [1.82, 2.24) is 25.2 Å². The number of methoxy groups -OCH3 is 2. The van der Waals surface area contributed by atoms with E-state index in [2.05, 4.69) is 20.5 Å². The summed E-state index contributed by atoms with van der Waals surface area (Å²) < 4.78 is 11.6. The van der Waals surface area contributed by atoms with E-state index < -0.39 is 5.97 Å². The van der Waals surface area contributed by atoms with Crippen molar-refractivity contribution in [3.05, 3.63) is 54.2 Å². The molecule has 4 aromatic rings. The van der Waals surface area contributed by atoms with Gasteiger partial charge in [0.05, 0.1) is 31.6 Å². The van der Waals surface area contributed by atoms with E-state index in [4.69, 9.17) is 9.47 Å². The molecule has 8 nitrogen and oxygen atoms in total. The lowest BCUT2D eigenvalue weighted by atomic mass is 10.1. The largest absolute Gasteiger partial charge is 0.496 e. The molecule has 1 N–H and O–H groups in total. The first-order valence-corrected chi connectivity index (χ1v) is 7.84. The number of hydrogen-bond acceptors (Lipinski definition) is 6. The number of aromatic nitrogens is 5. The molecule has 130 valence electrons. The minimum Gasteiger partial charge on any atom is -0.496 e. The molecule has 0 bridgehead atoms. The van der Waals surface area contributed by atoms with E-state index in [1.54, 1.807) is 29.1 Å². The molecule has 0 radical (unpaired) electrons. The summed E-state index contributed by atoms with van der Waals surface area (Å²) in [6.07, 6.45) is 1.77. The maximum Gasteiger partial charge on any atom is 0.341 e. The molecule has 0 aliphatic carbocycles. The van der Waals surface area contributed by atoms with Gasteiger partial charge in [0.15, 0.2) is 0 Å². The van der Waals surface area contributed by atoms with Gasteiger partial charge in [0.25, 0.3) is 0 Å². The van der Waals surface area contributed by atoms with E-state index >= 15 is 0 Å². The summed E-state index contributed by atoms with van der Waals surface area (Å²) in [5.41, 5.74) is 3.34. The standard InChI is InChI=1S/C18H15N5O3/c1-25-16-9-11(7-8-13(16)18(24)26-2)23-10-15(20-22-23)17-12-5-3-4-6-14(12)19-21-17/h3-10H,1-2H3,(H,19,21). The zero-order valence-corrected chi connectivity index (χ0v) is 14.1. The van der Waals surface area contributed by atoms with Crippen LogP contribution in [-0.4, -0.2) is 45.4 Å². The fourth-order valence-corrected chi connectivity index (χ4v) is 2.76. The Balaban J connectivity index is 1.73. The summed E-state index contributed by atoms with van der Waals surface area (Å²) in [4.78, 5) is 11.8. The highest BCUT2D eigenvalue weighted by Crippen LogP contribution is 2.26. The molecule has 0 aliphatic rings. The third-order valence-corrected chi connectivity index (χ3v) is 4.06. The Morgan fingerprint density at radius 1 is 1.15 bits per heavy atom. The van der Waals surface area contributed by atoms with Crippen LogP contribution in [0.5, 0.6) is 5.75 Å². The van der Waals surface area contributed by atoms with Gasteiger partial charge in [-0.2, -0.15) is 5.10 Å². The number of esters is 1. The molecule has 0 amide bonds. The van der Waals surface area contributed by atoms with Gasteiger partial charge < -0.3 is 9.47 Å².